The Morgan fingerprint density at radius 2 is 0.456 bits per heavy atom. The molecule has 1 atom stereocenters. The van der Waals surface area contributed by atoms with E-state index < -0.39 is 6.10 Å². The quantitative estimate of drug-likeness (QED) is 0.0261. The molecule has 0 saturated carbocycles. The average Bonchev–Trinajstić information content (AvgIpc) is 3.45. The Kier molecular flexibility index (Phi) is 61.4. The van der Waals surface area contributed by atoms with Crippen LogP contribution in [0.3, 0.4) is 0 Å². The number of rotatable bonds is 56. The maximum absolute atomic E-state index is 12.9. The Balaban J connectivity index is 4.46. The zero-order valence-corrected chi connectivity index (χ0v) is 50.8. The van der Waals surface area contributed by atoms with Crippen LogP contribution < -0.4 is 0 Å². The molecule has 0 aromatic heterocycles. The molecule has 0 bridgehead atoms. The van der Waals surface area contributed by atoms with Crippen LogP contribution in [-0.2, 0) is 28.6 Å². The van der Waals surface area contributed by atoms with E-state index >= 15 is 0 Å². The molecule has 0 aliphatic rings. The fourth-order valence-corrected chi connectivity index (χ4v) is 8.33. The largest absolute Gasteiger partial charge is 0.462 e. The van der Waals surface area contributed by atoms with Gasteiger partial charge in [0.2, 0.25) is 0 Å². The lowest BCUT2D eigenvalue weighted by molar-refractivity contribution is -0.167. The number of allylic oxidation sites excluding steroid dienone is 26. The van der Waals surface area contributed by atoms with Crippen molar-refractivity contribution in [2.75, 3.05) is 13.2 Å². The van der Waals surface area contributed by atoms with Crippen molar-refractivity contribution in [3.05, 3.63) is 158 Å². The summed E-state index contributed by atoms with van der Waals surface area (Å²) in [6.07, 6.45) is 95.3. The van der Waals surface area contributed by atoms with E-state index in [9.17, 15) is 14.4 Å². The molecule has 0 aliphatic heterocycles. The minimum absolute atomic E-state index is 0.107. The first kappa shape index (κ1) is 74.0. The van der Waals surface area contributed by atoms with Gasteiger partial charge in [0.25, 0.3) is 0 Å². The van der Waals surface area contributed by atoms with Crippen LogP contribution in [0.15, 0.2) is 158 Å². The molecule has 0 radical (unpaired) electrons. The standard InChI is InChI=1S/C73H116O6/c1-4-7-10-13-16-19-22-25-28-31-33-34-35-36-37-38-40-42-45-48-51-54-57-60-63-66-72(75)78-69-70(68-77-71(74)65-62-59-56-53-50-47-44-41-30-27-24-21-18-15-12-9-6-3)79-73(76)67-64-61-58-55-52-49-46-43-39-32-29-26-23-20-17-14-11-8-5-2/h7-12,16-21,25-30,33-34,39,43-44,47,49,52,70H,4-6,13-15,22-24,31-32,35-38,40-42,45-46,48,50-51,53-69H2,1-3H3/b10-7-,11-8-,12-9-,19-16-,20-17-,21-18-,28-25-,29-26-,30-27-,34-33-,43-39-,47-44-,52-49-. The van der Waals surface area contributed by atoms with Gasteiger partial charge in [-0.05, 0) is 141 Å². The van der Waals surface area contributed by atoms with Gasteiger partial charge in [-0.25, -0.2) is 0 Å². The monoisotopic (exact) mass is 1090 g/mol. The molecule has 0 aliphatic carbocycles. The van der Waals surface area contributed by atoms with Gasteiger partial charge in [0.15, 0.2) is 6.10 Å². The number of hydrogen-bond donors (Lipinski definition) is 0. The van der Waals surface area contributed by atoms with Gasteiger partial charge in [-0.1, -0.05) is 262 Å². The number of ether oxygens (including phenoxy) is 3. The van der Waals surface area contributed by atoms with E-state index in [1.807, 2.05) is 0 Å². The highest BCUT2D eigenvalue weighted by molar-refractivity contribution is 5.71. The molecule has 0 aromatic rings. The predicted octanol–water partition coefficient (Wildman–Crippen LogP) is 22.1. The second-order valence-electron chi connectivity index (χ2n) is 20.5. The van der Waals surface area contributed by atoms with Crippen molar-refractivity contribution in [2.45, 2.75) is 271 Å². The SMILES string of the molecule is CC/C=C\C/C=C\C/C=C\C/C=C\C/C=C\CCCCCC(=O)OC(COC(=O)CCCCCC/C=C\C/C=C\C/C=C\C/C=C\CC)COC(=O)CCCCCCCCCCCCCC/C=C\C/C=C\C/C=C\C/C=C\CC. The summed E-state index contributed by atoms with van der Waals surface area (Å²) >= 11 is 0. The van der Waals surface area contributed by atoms with Crippen molar-refractivity contribution in [3.63, 3.8) is 0 Å². The van der Waals surface area contributed by atoms with E-state index in [1.165, 1.54) is 64.2 Å². The summed E-state index contributed by atoms with van der Waals surface area (Å²) in [5.74, 6) is -0.967. The summed E-state index contributed by atoms with van der Waals surface area (Å²) in [6, 6.07) is 0. The van der Waals surface area contributed by atoms with E-state index in [2.05, 4.69) is 179 Å². The molecule has 0 aromatic carbocycles. The highest BCUT2D eigenvalue weighted by atomic mass is 16.6. The van der Waals surface area contributed by atoms with Crippen molar-refractivity contribution < 1.29 is 28.6 Å². The lowest BCUT2D eigenvalue weighted by atomic mass is 10.0. The molecule has 0 saturated heterocycles. The number of esters is 3. The molecule has 0 amide bonds. The van der Waals surface area contributed by atoms with Crippen LogP contribution in [-0.4, -0.2) is 37.2 Å². The number of unbranched alkanes of at least 4 members (excludes halogenated alkanes) is 19. The van der Waals surface area contributed by atoms with Crippen molar-refractivity contribution in [2.24, 2.45) is 0 Å². The van der Waals surface area contributed by atoms with Crippen LogP contribution in [0, 0.1) is 0 Å². The van der Waals surface area contributed by atoms with Crippen LogP contribution in [0.5, 0.6) is 0 Å². The van der Waals surface area contributed by atoms with Gasteiger partial charge >= 0.3 is 17.9 Å². The van der Waals surface area contributed by atoms with Gasteiger partial charge < -0.3 is 14.2 Å². The smallest absolute Gasteiger partial charge is 0.306 e. The molecule has 0 fully saturated rings. The third-order valence-electron chi connectivity index (χ3n) is 13.0. The van der Waals surface area contributed by atoms with Gasteiger partial charge in [0, 0.05) is 19.3 Å². The van der Waals surface area contributed by atoms with Crippen molar-refractivity contribution in [1.29, 1.82) is 0 Å². The summed E-state index contributed by atoms with van der Waals surface area (Å²) in [5, 5.41) is 0. The van der Waals surface area contributed by atoms with E-state index in [-0.39, 0.29) is 37.5 Å². The summed E-state index contributed by atoms with van der Waals surface area (Å²) in [5.41, 5.74) is 0. The molecule has 79 heavy (non-hydrogen) atoms. The zero-order valence-electron chi connectivity index (χ0n) is 50.8. The fraction of sp³-hybridized carbons (Fsp3) is 0.603. The third kappa shape index (κ3) is 63.7. The summed E-state index contributed by atoms with van der Waals surface area (Å²) in [7, 11) is 0. The Hall–Kier alpha value is -4.97. The summed E-state index contributed by atoms with van der Waals surface area (Å²) < 4.78 is 16.9. The molecule has 1 unspecified atom stereocenters. The van der Waals surface area contributed by atoms with Crippen LogP contribution in [0.4, 0.5) is 0 Å². The lowest BCUT2D eigenvalue weighted by Crippen LogP contribution is -2.30. The second-order valence-corrected chi connectivity index (χ2v) is 20.5. The average molecular weight is 1090 g/mol. The highest BCUT2D eigenvalue weighted by Crippen LogP contribution is 2.15. The topological polar surface area (TPSA) is 78.9 Å². The molecule has 0 rings (SSSR count). The number of hydrogen-bond acceptors (Lipinski definition) is 6. The van der Waals surface area contributed by atoms with E-state index in [1.54, 1.807) is 0 Å². The molecular formula is C73H116O6. The maximum atomic E-state index is 12.9. The van der Waals surface area contributed by atoms with Crippen molar-refractivity contribution in [1.82, 2.24) is 0 Å². The molecule has 6 nitrogen and oxygen atoms in total. The van der Waals surface area contributed by atoms with Gasteiger partial charge in [-0.15, -0.1) is 0 Å². The number of carbonyl (C=O) groups excluding carboxylic acids is 3. The summed E-state index contributed by atoms with van der Waals surface area (Å²) in [4.78, 5) is 38.4. The van der Waals surface area contributed by atoms with Gasteiger partial charge in [-0.3, -0.25) is 14.4 Å². The Bertz CT molecular complexity index is 1780. The summed E-state index contributed by atoms with van der Waals surface area (Å²) in [6.45, 7) is 6.25. The van der Waals surface area contributed by atoms with Crippen LogP contribution in [0.2, 0.25) is 0 Å². The Labute approximate surface area is 486 Å². The Morgan fingerprint density at radius 3 is 0.722 bits per heavy atom. The zero-order chi connectivity index (χ0) is 57.1. The molecule has 0 heterocycles. The molecule has 444 valence electrons. The number of carbonyl (C=O) groups is 3. The van der Waals surface area contributed by atoms with Gasteiger partial charge in [0.1, 0.15) is 13.2 Å². The predicted molar refractivity (Wildman–Crippen MR) is 343 cm³/mol. The minimum atomic E-state index is -0.816. The first-order chi connectivity index (χ1) is 39.0. The highest BCUT2D eigenvalue weighted by Gasteiger charge is 2.19. The minimum Gasteiger partial charge on any atom is -0.462 e. The molecule has 6 heteroatoms. The third-order valence-corrected chi connectivity index (χ3v) is 13.0. The van der Waals surface area contributed by atoms with Crippen molar-refractivity contribution in [3.8, 4) is 0 Å². The van der Waals surface area contributed by atoms with Crippen LogP contribution in [0.25, 0.3) is 0 Å². The maximum Gasteiger partial charge on any atom is 0.306 e. The van der Waals surface area contributed by atoms with E-state index in [0.717, 1.165) is 154 Å². The Morgan fingerprint density at radius 1 is 0.253 bits per heavy atom. The first-order valence-corrected chi connectivity index (χ1v) is 32.0. The van der Waals surface area contributed by atoms with Gasteiger partial charge in [-0.2, -0.15) is 0 Å². The fourth-order valence-electron chi connectivity index (χ4n) is 8.33. The second kappa shape index (κ2) is 65.5. The molecular weight excluding hydrogens is 973 g/mol. The van der Waals surface area contributed by atoms with E-state index in [4.69, 9.17) is 14.2 Å². The first-order valence-electron chi connectivity index (χ1n) is 32.0. The molecule has 0 N–H and O–H groups in total. The van der Waals surface area contributed by atoms with Gasteiger partial charge in [0.05, 0.1) is 0 Å². The molecule has 0 spiro atoms. The van der Waals surface area contributed by atoms with Crippen LogP contribution in [0.1, 0.15) is 265 Å². The van der Waals surface area contributed by atoms with Crippen LogP contribution >= 0.6 is 0 Å². The lowest BCUT2D eigenvalue weighted by Gasteiger charge is -2.18. The van der Waals surface area contributed by atoms with Crippen molar-refractivity contribution >= 4 is 17.9 Å². The normalized spacial score (nSPS) is 13.2. The van der Waals surface area contributed by atoms with E-state index in [0.29, 0.717) is 19.3 Å².